The Bertz CT molecular complexity index is 360. The van der Waals surface area contributed by atoms with E-state index < -0.39 is 0 Å². The van der Waals surface area contributed by atoms with Crippen molar-refractivity contribution in [2.24, 2.45) is 0 Å². The van der Waals surface area contributed by atoms with Gasteiger partial charge in [-0.2, -0.15) is 3.89 Å². The molecule has 2 nitrogen and oxygen atoms in total. The first kappa shape index (κ1) is 11.5. The average Bonchev–Trinajstić information content (AvgIpc) is 2.39. The third-order valence-electron chi connectivity index (χ3n) is 2.83. The van der Waals surface area contributed by atoms with E-state index in [-0.39, 0.29) is 18.1 Å². The van der Waals surface area contributed by atoms with Gasteiger partial charge >= 0.3 is 0 Å². The van der Waals surface area contributed by atoms with Crippen molar-refractivity contribution in [2.45, 2.75) is 24.2 Å². The van der Waals surface area contributed by atoms with Crippen LogP contribution in [0.15, 0.2) is 29.2 Å². The van der Waals surface area contributed by atoms with E-state index in [4.69, 9.17) is 0 Å². The standard InChI is InChI=1S/C12H14FNOS/c13-16-11-6-4-10(5-7-11)12(15)14-8-2-1-3-9-14/h4-7H,1-3,8-9H2. The Balaban J connectivity index is 2.07. The van der Waals surface area contributed by atoms with Crippen LogP contribution in [0.5, 0.6) is 0 Å². The van der Waals surface area contributed by atoms with Crippen molar-refractivity contribution in [3.8, 4) is 0 Å². The minimum atomic E-state index is 0.0649. The number of amides is 1. The molecule has 86 valence electrons. The van der Waals surface area contributed by atoms with Gasteiger partial charge in [0.25, 0.3) is 5.91 Å². The molecule has 16 heavy (non-hydrogen) atoms. The number of carbonyl (C=O) groups excluding carboxylic acids is 1. The Morgan fingerprint density at radius 3 is 2.31 bits per heavy atom. The SMILES string of the molecule is O=C(c1ccc(SF)cc1)N1CCCCC1. The van der Waals surface area contributed by atoms with Crippen LogP contribution in [0.2, 0.25) is 0 Å². The van der Waals surface area contributed by atoms with Gasteiger partial charge in [0.1, 0.15) is 0 Å². The van der Waals surface area contributed by atoms with Gasteiger partial charge in [-0.15, -0.1) is 0 Å². The Morgan fingerprint density at radius 2 is 1.75 bits per heavy atom. The van der Waals surface area contributed by atoms with Crippen molar-refractivity contribution in [1.29, 1.82) is 0 Å². The van der Waals surface area contributed by atoms with Gasteiger partial charge in [0.2, 0.25) is 0 Å². The second-order valence-corrected chi connectivity index (χ2v) is 4.58. The van der Waals surface area contributed by atoms with Gasteiger partial charge in [-0.3, -0.25) is 4.79 Å². The summed E-state index contributed by atoms with van der Waals surface area (Å²) in [5, 5.41) is 0. The lowest BCUT2D eigenvalue weighted by molar-refractivity contribution is 0.0724. The number of hydrogen-bond donors (Lipinski definition) is 0. The molecule has 0 N–H and O–H groups in total. The van der Waals surface area contributed by atoms with Crippen LogP contribution in [0.4, 0.5) is 3.89 Å². The lowest BCUT2D eigenvalue weighted by Crippen LogP contribution is -2.35. The van der Waals surface area contributed by atoms with Crippen molar-refractivity contribution >= 4 is 18.1 Å². The Hall–Kier alpha value is -1.03. The number of likely N-dealkylation sites (tertiary alicyclic amines) is 1. The maximum absolute atomic E-state index is 12.2. The number of halogens is 1. The number of carbonyl (C=O) groups is 1. The summed E-state index contributed by atoms with van der Waals surface area (Å²) in [6.07, 6.45) is 3.38. The van der Waals surface area contributed by atoms with E-state index in [2.05, 4.69) is 0 Å². The molecule has 1 amide bonds. The molecule has 1 fully saturated rings. The maximum Gasteiger partial charge on any atom is 0.253 e. The first-order chi connectivity index (χ1) is 7.81. The van der Waals surface area contributed by atoms with E-state index in [9.17, 15) is 8.68 Å². The zero-order chi connectivity index (χ0) is 11.4. The number of benzene rings is 1. The second-order valence-electron chi connectivity index (χ2n) is 3.95. The summed E-state index contributed by atoms with van der Waals surface area (Å²) in [6, 6.07) is 6.67. The van der Waals surface area contributed by atoms with Crippen molar-refractivity contribution in [3.05, 3.63) is 29.8 Å². The van der Waals surface area contributed by atoms with Crippen molar-refractivity contribution in [3.63, 3.8) is 0 Å². The zero-order valence-electron chi connectivity index (χ0n) is 8.99. The lowest BCUT2D eigenvalue weighted by Gasteiger charge is -2.26. The van der Waals surface area contributed by atoms with E-state index >= 15 is 0 Å². The number of hydrogen-bond acceptors (Lipinski definition) is 2. The molecule has 4 heteroatoms. The quantitative estimate of drug-likeness (QED) is 0.789. The number of rotatable bonds is 2. The van der Waals surface area contributed by atoms with Gasteiger partial charge in [0, 0.05) is 23.5 Å². The molecule has 0 atom stereocenters. The monoisotopic (exact) mass is 239 g/mol. The summed E-state index contributed by atoms with van der Waals surface area (Å²) in [5.41, 5.74) is 0.653. The Labute approximate surface area is 99.1 Å². The van der Waals surface area contributed by atoms with Gasteiger partial charge in [0.05, 0.1) is 12.1 Å². The fourth-order valence-corrected chi connectivity index (χ4v) is 2.17. The Kier molecular flexibility index (Phi) is 3.83. The maximum atomic E-state index is 12.2. The third kappa shape index (κ3) is 2.55. The van der Waals surface area contributed by atoms with Crippen LogP contribution in [0.3, 0.4) is 0 Å². The lowest BCUT2D eigenvalue weighted by atomic mass is 10.1. The largest absolute Gasteiger partial charge is 0.339 e. The molecule has 0 unspecified atom stereocenters. The summed E-state index contributed by atoms with van der Waals surface area (Å²) in [7, 11) is 0. The fraction of sp³-hybridized carbons (Fsp3) is 0.417. The second kappa shape index (κ2) is 5.34. The summed E-state index contributed by atoms with van der Waals surface area (Å²) in [6.45, 7) is 1.69. The van der Waals surface area contributed by atoms with Crippen molar-refractivity contribution in [1.82, 2.24) is 4.90 Å². The third-order valence-corrected chi connectivity index (χ3v) is 3.28. The molecule has 0 spiro atoms. The molecule has 0 aliphatic carbocycles. The molecular formula is C12H14FNOS. The summed E-state index contributed by atoms with van der Waals surface area (Å²) in [4.78, 5) is 14.4. The van der Waals surface area contributed by atoms with Gasteiger partial charge in [-0.05, 0) is 43.5 Å². The molecule has 0 bridgehead atoms. The summed E-state index contributed by atoms with van der Waals surface area (Å²) >= 11 is 0.200. The molecule has 0 aromatic heterocycles. The van der Waals surface area contributed by atoms with Gasteiger partial charge in [0.15, 0.2) is 0 Å². The van der Waals surface area contributed by atoms with Crippen molar-refractivity contribution < 1.29 is 8.68 Å². The normalized spacial score (nSPS) is 16.2. The van der Waals surface area contributed by atoms with Crippen LogP contribution in [0.1, 0.15) is 29.6 Å². The first-order valence-corrected chi connectivity index (χ1v) is 6.21. The number of nitrogens with zero attached hydrogens (tertiary/aromatic N) is 1. The van der Waals surface area contributed by atoms with Crippen LogP contribution in [-0.4, -0.2) is 23.9 Å². The van der Waals surface area contributed by atoms with E-state index in [1.165, 1.54) is 6.42 Å². The molecule has 2 rings (SSSR count). The highest BCUT2D eigenvalue weighted by Gasteiger charge is 2.17. The van der Waals surface area contributed by atoms with E-state index in [0.717, 1.165) is 25.9 Å². The molecule has 1 heterocycles. The molecule has 0 saturated carbocycles. The van der Waals surface area contributed by atoms with Crippen LogP contribution in [0.25, 0.3) is 0 Å². The highest BCUT2D eigenvalue weighted by atomic mass is 32.2. The average molecular weight is 239 g/mol. The van der Waals surface area contributed by atoms with Crippen LogP contribution in [0, 0.1) is 0 Å². The van der Waals surface area contributed by atoms with Gasteiger partial charge in [-0.1, -0.05) is 0 Å². The molecule has 1 saturated heterocycles. The van der Waals surface area contributed by atoms with Gasteiger partial charge in [-0.25, -0.2) is 0 Å². The van der Waals surface area contributed by atoms with Crippen LogP contribution >= 0.6 is 12.1 Å². The smallest absolute Gasteiger partial charge is 0.253 e. The molecule has 1 aliphatic heterocycles. The molecular weight excluding hydrogens is 225 g/mol. The predicted molar refractivity (Wildman–Crippen MR) is 63.2 cm³/mol. The molecule has 1 aliphatic rings. The predicted octanol–water partition coefficient (Wildman–Crippen LogP) is 3.29. The van der Waals surface area contributed by atoms with Crippen LogP contribution in [-0.2, 0) is 0 Å². The highest BCUT2D eigenvalue weighted by Crippen LogP contribution is 2.20. The van der Waals surface area contributed by atoms with Crippen LogP contribution < -0.4 is 0 Å². The van der Waals surface area contributed by atoms with E-state index in [0.29, 0.717) is 10.5 Å². The van der Waals surface area contributed by atoms with Crippen molar-refractivity contribution in [2.75, 3.05) is 13.1 Å². The molecule has 1 aromatic rings. The first-order valence-electron chi connectivity index (χ1n) is 5.49. The topological polar surface area (TPSA) is 20.3 Å². The fourth-order valence-electron chi connectivity index (χ4n) is 1.93. The number of piperidine rings is 1. The van der Waals surface area contributed by atoms with Gasteiger partial charge < -0.3 is 4.90 Å². The van der Waals surface area contributed by atoms with E-state index in [1.54, 1.807) is 24.3 Å². The minimum absolute atomic E-state index is 0.0649. The Morgan fingerprint density at radius 1 is 1.12 bits per heavy atom. The molecule has 1 aromatic carbocycles. The highest BCUT2D eigenvalue weighted by molar-refractivity contribution is 7.94. The molecule has 0 radical (unpaired) electrons. The summed E-state index contributed by atoms with van der Waals surface area (Å²) in [5.74, 6) is 0.0649. The minimum Gasteiger partial charge on any atom is -0.339 e. The zero-order valence-corrected chi connectivity index (χ0v) is 9.80. The summed E-state index contributed by atoms with van der Waals surface area (Å²) < 4.78 is 12.2. The van der Waals surface area contributed by atoms with E-state index in [1.807, 2.05) is 4.90 Å².